The lowest BCUT2D eigenvalue weighted by Gasteiger charge is -2.17. The number of rotatable bonds is 5. The average Bonchev–Trinajstić information content (AvgIpc) is 3.47. The van der Waals surface area contributed by atoms with E-state index in [-0.39, 0.29) is 30.0 Å². The number of hydrogen-bond acceptors (Lipinski definition) is 4. The maximum absolute atomic E-state index is 12.7. The first-order chi connectivity index (χ1) is 16.9. The van der Waals surface area contributed by atoms with Gasteiger partial charge < -0.3 is 14.7 Å². The lowest BCUT2D eigenvalue weighted by atomic mass is 9.98. The molecule has 1 aliphatic heterocycles. The molecule has 178 valence electrons. The van der Waals surface area contributed by atoms with E-state index in [4.69, 9.17) is 21.4 Å². The van der Waals surface area contributed by atoms with Crippen molar-refractivity contribution in [3.05, 3.63) is 88.4 Å². The fourth-order valence-corrected chi connectivity index (χ4v) is 5.05. The van der Waals surface area contributed by atoms with Crippen molar-refractivity contribution in [2.45, 2.75) is 12.3 Å². The van der Waals surface area contributed by atoms with Gasteiger partial charge in [-0.05, 0) is 46.9 Å². The van der Waals surface area contributed by atoms with Gasteiger partial charge in [-0.15, -0.1) is 0 Å². The summed E-state index contributed by atoms with van der Waals surface area (Å²) in [4.78, 5) is 37.9. The van der Waals surface area contributed by atoms with Gasteiger partial charge in [0, 0.05) is 24.6 Å². The van der Waals surface area contributed by atoms with E-state index >= 15 is 0 Å². The van der Waals surface area contributed by atoms with Crippen LogP contribution in [0.2, 0.25) is 5.02 Å². The number of ether oxygens (including phenoxy) is 1. The molecule has 3 aromatic carbocycles. The van der Waals surface area contributed by atoms with Crippen LogP contribution in [0.1, 0.15) is 33.8 Å². The third-order valence-corrected chi connectivity index (χ3v) is 6.93. The van der Waals surface area contributed by atoms with E-state index in [0.717, 1.165) is 22.3 Å². The standard InChI is InChI=1S/C27H23ClN2O5/c28-23-13-16(25(31)30-12-11-17(14-30)26(32)33)9-10-24(23)29-27(34)35-15-22-20-7-3-1-5-18(20)19-6-2-4-8-21(19)22/h1-10,13,17,22H,11-12,14-15H2,(H,29,34)(H,32,33). The number of carboxylic acid groups (broad SMARTS) is 1. The van der Waals surface area contributed by atoms with Crippen molar-refractivity contribution in [1.29, 1.82) is 0 Å². The number of fused-ring (bicyclic) bond motifs is 3. The van der Waals surface area contributed by atoms with Gasteiger partial charge in [-0.1, -0.05) is 60.1 Å². The zero-order valence-corrected chi connectivity index (χ0v) is 19.5. The summed E-state index contributed by atoms with van der Waals surface area (Å²) in [6.07, 6.45) is -0.215. The quantitative estimate of drug-likeness (QED) is 0.509. The molecular weight excluding hydrogens is 468 g/mol. The van der Waals surface area contributed by atoms with Crippen LogP contribution in [0, 0.1) is 5.92 Å². The number of halogens is 1. The van der Waals surface area contributed by atoms with E-state index in [1.165, 1.54) is 11.0 Å². The molecular formula is C27H23ClN2O5. The van der Waals surface area contributed by atoms with Gasteiger partial charge in [0.1, 0.15) is 6.61 Å². The molecule has 0 radical (unpaired) electrons. The van der Waals surface area contributed by atoms with Crippen molar-refractivity contribution < 1.29 is 24.2 Å². The predicted molar refractivity (Wildman–Crippen MR) is 132 cm³/mol. The summed E-state index contributed by atoms with van der Waals surface area (Å²) in [5.41, 5.74) is 5.19. The number of nitrogens with zero attached hydrogens (tertiary/aromatic N) is 1. The van der Waals surface area contributed by atoms with E-state index in [1.54, 1.807) is 12.1 Å². The molecule has 2 amide bonds. The fourth-order valence-electron chi connectivity index (χ4n) is 4.82. The first-order valence-corrected chi connectivity index (χ1v) is 11.7. The summed E-state index contributed by atoms with van der Waals surface area (Å²) < 4.78 is 5.55. The zero-order chi connectivity index (χ0) is 24.5. The molecule has 0 bridgehead atoms. The molecule has 1 aliphatic carbocycles. The largest absolute Gasteiger partial charge is 0.481 e. The Hall–Kier alpha value is -3.84. The highest BCUT2D eigenvalue weighted by atomic mass is 35.5. The number of aliphatic carboxylic acids is 1. The van der Waals surface area contributed by atoms with Crippen molar-refractivity contribution in [2.75, 3.05) is 25.0 Å². The lowest BCUT2D eigenvalue weighted by molar-refractivity contribution is -0.141. The molecule has 1 heterocycles. The van der Waals surface area contributed by atoms with Crippen molar-refractivity contribution in [3.8, 4) is 11.1 Å². The number of carbonyl (C=O) groups is 3. The molecule has 3 aromatic rings. The molecule has 1 saturated heterocycles. The van der Waals surface area contributed by atoms with Crippen molar-refractivity contribution in [3.63, 3.8) is 0 Å². The Balaban J connectivity index is 1.23. The number of hydrogen-bond donors (Lipinski definition) is 2. The van der Waals surface area contributed by atoms with Gasteiger partial charge in [0.15, 0.2) is 0 Å². The number of anilines is 1. The van der Waals surface area contributed by atoms with E-state index in [2.05, 4.69) is 17.4 Å². The molecule has 8 heteroatoms. The second-order valence-electron chi connectivity index (χ2n) is 8.72. The predicted octanol–water partition coefficient (Wildman–Crippen LogP) is 5.25. The first-order valence-electron chi connectivity index (χ1n) is 11.4. The van der Waals surface area contributed by atoms with Gasteiger partial charge in [0.05, 0.1) is 16.6 Å². The summed E-state index contributed by atoms with van der Waals surface area (Å²) in [7, 11) is 0. The smallest absolute Gasteiger partial charge is 0.411 e. The van der Waals surface area contributed by atoms with Crippen LogP contribution in [0.5, 0.6) is 0 Å². The topological polar surface area (TPSA) is 95.9 Å². The molecule has 0 aromatic heterocycles. The van der Waals surface area contributed by atoms with E-state index < -0.39 is 18.0 Å². The Kier molecular flexibility index (Phi) is 6.17. The Morgan fingerprint density at radius 3 is 2.26 bits per heavy atom. The van der Waals surface area contributed by atoms with E-state index in [0.29, 0.717) is 24.2 Å². The summed E-state index contributed by atoms with van der Waals surface area (Å²) in [5, 5.41) is 12.0. The van der Waals surface area contributed by atoms with Gasteiger partial charge in [0.2, 0.25) is 0 Å². The Morgan fingerprint density at radius 2 is 1.66 bits per heavy atom. The van der Waals surface area contributed by atoms with Crippen molar-refractivity contribution in [1.82, 2.24) is 4.90 Å². The van der Waals surface area contributed by atoms with Crippen LogP contribution in [0.4, 0.5) is 10.5 Å². The van der Waals surface area contributed by atoms with Gasteiger partial charge in [-0.2, -0.15) is 0 Å². The molecule has 0 saturated carbocycles. The normalized spacial score (nSPS) is 16.5. The van der Waals surface area contributed by atoms with Crippen LogP contribution in [0.15, 0.2) is 66.7 Å². The van der Waals surface area contributed by atoms with Crippen LogP contribution in [-0.2, 0) is 9.53 Å². The molecule has 5 rings (SSSR count). The van der Waals surface area contributed by atoms with Crippen LogP contribution in [-0.4, -0.2) is 47.7 Å². The molecule has 1 unspecified atom stereocenters. The summed E-state index contributed by atoms with van der Waals surface area (Å²) >= 11 is 6.33. The van der Waals surface area contributed by atoms with Crippen molar-refractivity contribution >= 4 is 35.3 Å². The maximum Gasteiger partial charge on any atom is 0.411 e. The minimum absolute atomic E-state index is 0.0568. The number of carboxylic acids is 1. The van der Waals surface area contributed by atoms with Gasteiger partial charge in [-0.25, -0.2) is 4.79 Å². The second-order valence-corrected chi connectivity index (χ2v) is 9.13. The number of benzene rings is 3. The highest BCUT2D eigenvalue weighted by molar-refractivity contribution is 6.34. The minimum Gasteiger partial charge on any atom is -0.481 e. The van der Waals surface area contributed by atoms with E-state index in [1.807, 2.05) is 36.4 Å². The Morgan fingerprint density at radius 1 is 1.00 bits per heavy atom. The average molecular weight is 491 g/mol. The molecule has 0 spiro atoms. The van der Waals surface area contributed by atoms with Crippen LogP contribution in [0.3, 0.4) is 0 Å². The Labute approximate surface area is 207 Å². The third kappa shape index (κ3) is 4.47. The number of carbonyl (C=O) groups excluding carboxylic acids is 2. The SMILES string of the molecule is O=C(Nc1ccc(C(=O)N2CCC(C(=O)O)C2)cc1Cl)OCC1c2ccccc2-c2ccccc21. The molecule has 1 fully saturated rings. The van der Waals surface area contributed by atoms with Gasteiger partial charge in [-0.3, -0.25) is 14.9 Å². The van der Waals surface area contributed by atoms with Crippen LogP contribution < -0.4 is 5.32 Å². The highest BCUT2D eigenvalue weighted by Crippen LogP contribution is 2.44. The Bertz CT molecular complexity index is 1280. The van der Waals surface area contributed by atoms with Crippen LogP contribution in [0.25, 0.3) is 11.1 Å². The van der Waals surface area contributed by atoms with Gasteiger partial charge >= 0.3 is 12.1 Å². The maximum atomic E-state index is 12.7. The fraction of sp³-hybridized carbons (Fsp3) is 0.222. The van der Waals surface area contributed by atoms with Crippen molar-refractivity contribution in [2.24, 2.45) is 5.92 Å². The highest BCUT2D eigenvalue weighted by Gasteiger charge is 2.32. The number of nitrogens with one attached hydrogen (secondary N) is 1. The third-order valence-electron chi connectivity index (χ3n) is 6.62. The number of amides is 2. The molecule has 1 atom stereocenters. The molecule has 2 N–H and O–H groups in total. The molecule has 2 aliphatic rings. The van der Waals surface area contributed by atoms with E-state index in [9.17, 15) is 14.4 Å². The molecule has 35 heavy (non-hydrogen) atoms. The number of likely N-dealkylation sites (tertiary alicyclic amines) is 1. The summed E-state index contributed by atoms with van der Waals surface area (Å²) in [5.74, 6) is -1.80. The monoisotopic (exact) mass is 490 g/mol. The second kappa shape index (κ2) is 9.43. The minimum atomic E-state index is -0.902. The zero-order valence-electron chi connectivity index (χ0n) is 18.7. The lowest BCUT2D eigenvalue weighted by Crippen LogP contribution is -2.30. The summed E-state index contributed by atoms with van der Waals surface area (Å²) in [6, 6.07) is 20.8. The summed E-state index contributed by atoms with van der Waals surface area (Å²) in [6.45, 7) is 0.729. The first kappa shape index (κ1) is 22.9. The van der Waals surface area contributed by atoms with Gasteiger partial charge in [0.25, 0.3) is 5.91 Å². The van der Waals surface area contributed by atoms with Crippen LogP contribution >= 0.6 is 11.6 Å². The molecule has 7 nitrogen and oxygen atoms in total.